The van der Waals surface area contributed by atoms with Gasteiger partial charge in [0.05, 0.1) is 7.11 Å². The quantitative estimate of drug-likeness (QED) is 0.715. The van der Waals surface area contributed by atoms with E-state index in [0.717, 1.165) is 5.75 Å². The van der Waals surface area contributed by atoms with Gasteiger partial charge in [-0.3, -0.25) is 0 Å². The van der Waals surface area contributed by atoms with Crippen LogP contribution in [0.1, 0.15) is 5.56 Å². The second kappa shape index (κ2) is 3.83. The molecule has 0 N–H and O–H groups in total. The van der Waals surface area contributed by atoms with Crippen molar-refractivity contribution in [2.24, 2.45) is 0 Å². The first-order valence-corrected chi connectivity index (χ1v) is 6.47. The molecule has 0 unspecified atom stereocenters. The van der Waals surface area contributed by atoms with Crippen molar-refractivity contribution in [3.8, 4) is 5.75 Å². The molecule has 0 aliphatic carbocycles. The van der Waals surface area contributed by atoms with Gasteiger partial charge in [0.1, 0.15) is 5.75 Å². The summed E-state index contributed by atoms with van der Waals surface area (Å²) in [6.45, 7) is 2.11. The minimum Gasteiger partial charge on any atom is -0.496 e. The molecule has 1 heterocycles. The zero-order valence-electron chi connectivity index (χ0n) is 8.46. The number of fused-ring (bicyclic) bond motifs is 1. The van der Waals surface area contributed by atoms with Gasteiger partial charge in [0.15, 0.2) is 0 Å². The Morgan fingerprint density at radius 1 is 1.43 bits per heavy atom. The third kappa shape index (κ3) is 1.41. The maximum absolute atomic E-state index is 5.36. The summed E-state index contributed by atoms with van der Waals surface area (Å²) >= 11 is 3.57. The Bertz CT molecular complexity index is 460. The summed E-state index contributed by atoms with van der Waals surface area (Å²) in [6, 6.07) is 4.29. The van der Waals surface area contributed by atoms with Gasteiger partial charge in [-0.15, -0.1) is 23.1 Å². The van der Waals surface area contributed by atoms with Gasteiger partial charge in [0, 0.05) is 15.0 Å². The molecule has 74 valence electrons. The molecule has 0 amide bonds. The van der Waals surface area contributed by atoms with Crippen molar-refractivity contribution in [3.63, 3.8) is 0 Å². The van der Waals surface area contributed by atoms with Crippen molar-refractivity contribution >= 4 is 33.2 Å². The van der Waals surface area contributed by atoms with Crippen LogP contribution in [0.3, 0.4) is 0 Å². The van der Waals surface area contributed by atoms with Gasteiger partial charge in [-0.25, -0.2) is 0 Å². The average Bonchev–Trinajstić information content (AvgIpc) is 2.68. The zero-order chi connectivity index (χ0) is 10.1. The number of benzene rings is 1. The summed E-state index contributed by atoms with van der Waals surface area (Å²) in [5.74, 6) is 0.986. The van der Waals surface area contributed by atoms with E-state index in [1.165, 1.54) is 20.5 Å². The first-order valence-electron chi connectivity index (χ1n) is 4.36. The maximum atomic E-state index is 5.36. The predicted molar refractivity (Wildman–Crippen MR) is 64.9 cm³/mol. The van der Waals surface area contributed by atoms with E-state index in [1.807, 2.05) is 0 Å². The van der Waals surface area contributed by atoms with E-state index in [1.54, 1.807) is 30.2 Å². The van der Waals surface area contributed by atoms with Crippen LogP contribution >= 0.6 is 23.1 Å². The second-order valence-electron chi connectivity index (χ2n) is 3.07. The Balaban J connectivity index is 2.80. The fraction of sp³-hybridized carbons (Fsp3) is 0.273. The highest BCUT2D eigenvalue weighted by molar-refractivity contribution is 7.99. The van der Waals surface area contributed by atoms with Gasteiger partial charge in [0.25, 0.3) is 0 Å². The third-order valence-corrected chi connectivity index (χ3v) is 4.20. The molecule has 0 fully saturated rings. The second-order valence-corrected chi connectivity index (χ2v) is 4.83. The van der Waals surface area contributed by atoms with Gasteiger partial charge in [-0.2, -0.15) is 0 Å². The fourth-order valence-corrected chi connectivity index (χ4v) is 3.36. The summed E-state index contributed by atoms with van der Waals surface area (Å²) in [6.07, 6.45) is 2.10. The number of methoxy groups -OCH3 is 1. The Morgan fingerprint density at radius 3 is 2.86 bits per heavy atom. The predicted octanol–water partition coefficient (Wildman–Crippen LogP) is 3.94. The van der Waals surface area contributed by atoms with Crippen LogP contribution in [0.25, 0.3) is 10.1 Å². The van der Waals surface area contributed by atoms with Crippen molar-refractivity contribution in [1.29, 1.82) is 0 Å². The normalized spacial score (nSPS) is 10.8. The molecule has 2 rings (SSSR count). The van der Waals surface area contributed by atoms with Gasteiger partial charge < -0.3 is 4.74 Å². The molecule has 0 aliphatic heterocycles. The van der Waals surface area contributed by atoms with E-state index in [0.29, 0.717) is 0 Å². The van der Waals surface area contributed by atoms with Gasteiger partial charge >= 0.3 is 0 Å². The van der Waals surface area contributed by atoms with E-state index in [9.17, 15) is 0 Å². The minimum absolute atomic E-state index is 0.986. The Morgan fingerprint density at radius 2 is 2.21 bits per heavy atom. The Kier molecular flexibility index (Phi) is 2.70. The lowest BCUT2D eigenvalue weighted by Crippen LogP contribution is -1.88. The van der Waals surface area contributed by atoms with E-state index < -0.39 is 0 Å². The average molecular weight is 224 g/mol. The number of aryl methyl sites for hydroxylation is 1. The van der Waals surface area contributed by atoms with Gasteiger partial charge in [-0.05, 0) is 36.3 Å². The standard InChI is InChI=1S/C11H12OS2/c1-7-8-4-5-14-11(8)10(13-3)6-9(7)12-2/h4-6H,1-3H3. The Labute approximate surface area is 92.1 Å². The van der Waals surface area contributed by atoms with Gasteiger partial charge in [-0.1, -0.05) is 0 Å². The van der Waals surface area contributed by atoms with Crippen LogP contribution < -0.4 is 4.74 Å². The molecule has 0 atom stereocenters. The van der Waals surface area contributed by atoms with Crippen LogP contribution in [0.2, 0.25) is 0 Å². The molecule has 2 aromatic rings. The topological polar surface area (TPSA) is 9.23 Å². The maximum Gasteiger partial charge on any atom is 0.123 e. The highest BCUT2D eigenvalue weighted by Crippen LogP contribution is 2.37. The molecular formula is C11H12OS2. The monoisotopic (exact) mass is 224 g/mol. The number of ether oxygens (including phenoxy) is 1. The molecule has 0 bridgehead atoms. The molecule has 0 saturated heterocycles. The number of thiophene rings is 1. The number of hydrogen-bond acceptors (Lipinski definition) is 3. The molecule has 0 aliphatic rings. The van der Waals surface area contributed by atoms with Crippen LogP contribution in [-0.4, -0.2) is 13.4 Å². The van der Waals surface area contributed by atoms with Crippen molar-refractivity contribution < 1.29 is 4.74 Å². The van der Waals surface area contributed by atoms with E-state index in [4.69, 9.17) is 4.74 Å². The Hall–Kier alpha value is -0.670. The van der Waals surface area contributed by atoms with Crippen molar-refractivity contribution in [2.75, 3.05) is 13.4 Å². The lowest BCUT2D eigenvalue weighted by molar-refractivity contribution is 0.411. The van der Waals surface area contributed by atoms with Crippen LogP contribution in [0, 0.1) is 6.92 Å². The van der Waals surface area contributed by atoms with E-state index in [2.05, 4.69) is 30.7 Å². The van der Waals surface area contributed by atoms with Crippen LogP contribution in [0.5, 0.6) is 5.75 Å². The number of hydrogen-bond donors (Lipinski definition) is 0. The van der Waals surface area contributed by atoms with Crippen LogP contribution in [0.15, 0.2) is 22.4 Å². The summed E-state index contributed by atoms with van der Waals surface area (Å²) < 4.78 is 6.73. The smallest absolute Gasteiger partial charge is 0.123 e. The van der Waals surface area contributed by atoms with Crippen molar-refractivity contribution in [1.82, 2.24) is 0 Å². The first-order chi connectivity index (χ1) is 6.77. The molecule has 0 radical (unpaired) electrons. The lowest BCUT2D eigenvalue weighted by Gasteiger charge is -2.08. The minimum atomic E-state index is 0.986. The molecule has 0 spiro atoms. The molecule has 1 aromatic carbocycles. The summed E-state index contributed by atoms with van der Waals surface area (Å²) in [4.78, 5) is 1.30. The summed E-state index contributed by atoms with van der Waals surface area (Å²) in [7, 11) is 1.73. The number of rotatable bonds is 2. The SMILES string of the molecule is COc1cc(SC)c2sccc2c1C. The van der Waals surface area contributed by atoms with Gasteiger partial charge in [0.2, 0.25) is 0 Å². The molecule has 14 heavy (non-hydrogen) atoms. The van der Waals surface area contributed by atoms with Crippen LogP contribution in [0.4, 0.5) is 0 Å². The third-order valence-electron chi connectivity index (χ3n) is 2.36. The largest absolute Gasteiger partial charge is 0.496 e. The van der Waals surface area contributed by atoms with Crippen molar-refractivity contribution in [3.05, 3.63) is 23.1 Å². The fourth-order valence-electron chi connectivity index (χ4n) is 1.58. The molecular weight excluding hydrogens is 212 g/mol. The zero-order valence-corrected chi connectivity index (χ0v) is 10.1. The van der Waals surface area contributed by atoms with Crippen LogP contribution in [-0.2, 0) is 0 Å². The highest BCUT2D eigenvalue weighted by atomic mass is 32.2. The molecule has 1 aromatic heterocycles. The molecule has 3 heteroatoms. The molecule has 0 saturated carbocycles. The number of thioether (sulfide) groups is 1. The van der Waals surface area contributed by atoms with E-state index in [-0.39, 0.29) is 0 Å². The summed E-state index contributed by atoms with van der Waals surface area (Å²) in [5, 5.41) is 3.45. The highest BCUT2D eigenvalue weighted by Gasteiger charge is 2.09. The molecule has 1 nitrogen and oxygen atoms in total. The first kappa shape index (κ1) is 9.87. The van der Waals surface area contributed by atoms with E-state index >= 15 is 0 Å². The summed E-state index contributed by atoms with van der Waals surface area (Å²) in [5.41, 5.74) is 1.24. The van der Waals surface area contributed by atoms with Crippen molar-refractivity contribution in [2.45, 2.75) is 11.8 Å². The lowest BCUT2D eigenvalue weighted by atomic mass is 10.1.